The SMILES string of the molecule is Cc1ccc(Cn2c(Nc3ccc(Oc4cc(C(=O)O)ncn4)c(C)c3)nc(=O)n(CCC#N)c2=O)cc1. The van der Waals surface area contributed by atoms with Crippen LogP contribution < -0.4 is 21.4 Å². The first kappa shape index (κ1) is 25.8. The van der Waals surface area contributed by atoms with Gasteiger partial charge in [0, 0.05) is 18.3 Å². The number of aromatic carboxylic acids is 1. The highest BCUT2D eigenvalue weighted by Crippen LogP contribution is 2.27. The van der Waals surface area contributed by atoms with E-state index in [1.807, 2.05) is 37.3 Å². The van der Waals surface area contributed by atoms with E-state index >= 15 is 0 Å². The highest BCUT2D eigenvalue weighted by Gasteiger charge is 2.15. The number of anilines is 2. The lowest BCUT2D eigenvalue weighted by atomic mass is 10.1. The minimum absolute atomic E-state index is 0.00488. The molecule has 192 valence electrons. The maximum atomic E-state index is 13.2. The quantitative estimate of drug-likeness (QED) is 0.340. The molecule has 12 nitrogen and oxygen atoms in total. The molecule has 4 aromatic rings. The van der Waals surface area contributed by atoms with E-state index in [-0.39, 0.29) is 37.0 Å². The van der Waals surface area contributed by atoms with Crippen molar-refractivity contribution in [2.75, 3.05) is 5.32 Å². The smallest absolute Gasteiger partial charge is 0.354 e. The molecule has 0 spiro atoms. The van der Waals surface area contributed by atoms with E-state index in [0.29, 0.717) is 17.0 Å². The van der Waals surface area contributed by atoms with E-state index < -0.39 is 17.3 Å². The Morgan fingerprint density at radius 1 is 1.08 bits per heavy atom. The normalized spacial score (nSPS) is 10.6. The van der Waals surface area contributed by atoms with Crippen LogP contribution in [0.15, 0.2) is 64.4 Å². The molecule has 0 aliphatic heterocycles. The number of hydrogen-bond donors (Lipinski definition) is 2. The summed E-state index contributed by atoms with van der Waals surface area (Å²) in [6, 6.07) is 15.8. The molecular weight excluding hydrogens is 490 g/mol. The summed E-state index contributed by atoms with van der Waals surface area (Å²) in [7, 11) is 0. The highest BCUT2D eigenvalue weighted by molar-refractivity contribution is 5.85. The predicted molar refractivity (Wildman–Crippen MR) is 137 cm³/mol. The summed E-state index contributed by atoms with van der Waals surface area (Å²) in [4.78, 5) is 48.7. The number of carbonyl (C=O) groups is 1. The second-order valence-corrected chi connectivity index (χ2v) is 8.39. The molecule has 2 N–H and O–H groups in total. The fraction of sp³-hybridized carbons (Fsp3) is 0.192. The number of aryl methyl sites for hydroxylation is 2. The van der Waals surface area contributed by atoms with Crippen molar-refractivity contribution in [3.05, 3.63) is 98.2 Å². The van der Waals surface area contributed by atoms with Crippen LogP contribution in [-0.4, -0.2) is 35.2 Å². The third-order valence-corrected chi connectivity index (χ3v) is 5.57. The number of aromatic nitrogens is 5. The summed E-state index contributed by atoms with van der Waals surface area (Å²) in [5.74, 6) is -0.672. The van der Waals surface area contributed by atoms with Crippen LogP contribution in [0.5, 0.6) is 11.6 Å². The molecule has 2 heterocycles. The van der Waals surface area contributed by atoms with E-state index in [2.05, 4.69) is 20.3 Å². The zero-order valence-electron chi connectivity index (χ0n) is 20.6. The van der Waals surface area contributed by atoms with Crippen molar-refractivity contribution >= 4 is 17.6 Å². The van der Waals surface area contributed by atoms with Crippen LogP contribution in [0.4, 0.5) is 11.6 Å². The number of nitrogens with one attached hydrogen (secondary N) is 1. The standard InChI is InChI=1S/C26H23N7O5/c1-16-4-6-18(7-5-16)14-33-24(31-25(36)32(26(33)37)11-3-10-27)30-19-8-9-21(17(2)12-19)38-22-13-20(23(34)35)28-15-29-22/h4-9,12-13,15H,3,11,14H2,1-2H3,(H,34,35)(H,30,31,36). The lowest BCUT2D eigenvalue weighted by Crippen LogP contribution is -2.42. The number of nitrogens with zero attached hydrogens (tertiary/aromatic N) is 6. The van der Waals surface area contributed by atoms with Crippen LogP contribution in [0.25, 0.3) is 0 Å². The number of ether oxygens (including phenoxy) is 1. The Bertz CT molecular complexity index is 1650. The number of carboxylic acids is 1. The second-order valence-electron chi connectivity index (χ2n) is 8.39. The van der Waals surface area contributed by atoms with Crippen molar-refractivity contribution in [1.82, 2.24) is 24.1 Å². The molecule has 0 fully saturated rings. The molecule has 12 heteroatoms. The van der Waals surface area contributed by atoms with Gasteiger partial charge in [-0.05, 0) is 43.2 Å². The van der Waals surface area contributed by atoms with Crippen LogP contribution in [0, 0.1) is 25.2 Å². The van der Waals surface area contributed by atoms with Gasteiger partial charge in [0.05, 0.1) is 19.0 Å². The van der Waals surface area contributed by atoms with Crippen molar-refractivity contribution in [2.45, 2.75) is 33.4 Å². The molecule has 0 atom stereocenters. The number of nitriles is 1. The van der Waals surface area contributed by atoms with Gasteiger partial charge in [-0.15, -0.1) is 0 Å². The fourth-order valence-corrected chi connectivity index (χ4v) is 3.59. The molecule has 38 heavy (non-hydrogen) atoms. The molecule has 4 rings (SSSR count). The minimum atomic E-state index is -1.20. The van der Waals surface area contributed by atoms with Crippen LogP contribution in [-0.2, 0) is 13.1 Å². The molecule has 0 saturated carbocycles. The molecule has 0 aliphatic rings. The van der Waals surface area contributed by atoms with Gasteiger partial charge in [-0.2, -0.15) is 10.2 Å². The first-order chi connectivity index (χ1) is 18.2. The van der Waals surface area contributed by atoms with Crippen molar-refractivity contribution < 1.29 is 14.6 Å². The largest absolute Gasteiger partial charge is 0.477 e. The Morgan fingerprint density at radius 3 is 2.53 bits per heavy atom. The minimum Gasteiger partial charge on any atom is -0.477 e. The van der Waals surface area contributed by atoms with Crippen LogP contribution in [0.1, 0.15) is 33.6 Å². The van der Waals surface area contributed by atoms with Crippen molar-refractivity contribution in [3.8, 4) is 17.7 Å². The summed E-state index contributed by atoms with van der Waals surface area (Å²) in [6.45, 7) is 3.82. The maximum absolute atomic E-state index is 13.2. The first-order valence-corrected chi connectivity index (χ1v) is 11.5. The molecule has 0 amide bonds. The third-order valence-electron chi connectivity index (χ3n) is 5.57. The topological polar surface area (TPSA) is 165 Å². The van der Waals surface area contributed by atoms with Crippen LogP contribution in [0.3, 0.4) is 0 Å². The zero-order valence-corrected chi connectivity index (χ0v) is 20.6. The van der Waals surface area contributed by atoms with Gasteiger partial charge in [0.1, 0.15) is 12.1 Å². The number of hydrogen-bond acceptors (Lipinski definition) is 9. The maximum Gasteiger partial charge on any atom is 0.354 e. The highest BCUT2D eigenvalue weighted by atomic mass is 16.5. The second kappa shape index (κ2) is 11.2. The summed E-state index contributed by atoms with van der Waals surface area (Å²) in [5, 5.41) is 21.1. The monoisotopic (exact) mass is 513 g/mol. The van der Waals surface area contributed by atoms with Gasteiger partial charge in [-0.1, -0.05) is 29.8 Å². The third kappa shape index (κ3) is 5.90. The van der Waals surface area contributed by atoms with E-state index in [1.54, 1.807) is 25.1 Å². The summed E-state index contributed by atoms with van der Waals surface area (Å²) in [6.07, 6.45) is 1.09. The van der Waals surface area contributed by atoms with Gasteiger partial charge in [0.2, 0.25) is 11.8 Å². The average molecular weight is 514 g/mol. The van der Waals surface area contributed by atoms with Crippen LogP contribution >= 0.6 is 0 Å². The van der Waals surface area contributed by atoms with E-state index in [9.17, 15) is 14.4 Å². The van der Waals surface area contributed by atoms with E-state index in [0.717, 1.165) is 22.0 Å². The Balaban J connectivity index is 1.66. The Morgan fingerprint density at radius 2 is 1.84 bits per heavy atom. The summed E-state index contributed by atoms with van der Waals surface area (Å²) >= 11 is 0. The van der Waals surface area contributed by atoms with Gasteiger partial charge < -0.3 is 15.2 Å². The van der Waals surface area contributed by atoms with Gasteiger partial charge in [-0.3, -0.25) is 4.57 Å². The number of rotatable bonds is 9. The predicted octanol–water partition coefficient (Wildman–Crippen LogP) is 3.01. The number of benzene rings is 2. The molecule has 0 radical (unpaired) electrons. The first-order valence-electron chi connectivity index (χ1n) is 11.5. The fourth-order valence-electron chi connectivity index (χ4n) is 3.59. The molecule has 0 saturated heterocycles. The average Bonchev–Trinajstić information content (AvgIpc) is 2.89. The van der Waals surface area contributed by atoms with Gasteiger partial charge in [-0.25, -0.2) is 28.9 Å². The summed E-state index contributed by atoms with van der Waals surface area (Å²) < 4.78 is 8.00. The Labute approximate surface area is 216 Å². The summed E-state index contributed by atoms with van der Waals surface area (Å²) in [5.41, 5.74) is 1.55. The van der Waals surface area contributed by atoms with Crippen molar-refractivity contribution in [3.63, 3.8) is 0 Å². The zero-order chi connectivity index (χ0) is 27.2. The molecule has 0 unspecified atom stereocenters. The van der Waals surface area contributed by atoms with Crippen molar-refractivity contribution in [1.29, 1.82) is 5.26 Å². The Kier molecular flexibility index (Phi) is 7.58. The Hall–Kier alpha value is -5.31. The van der Waals surface area contributed by atoms with Crippen LogP contribution in [0.2, 0.25) is 0 Å². The molecule has 2 aromatic heterocycles. The van der Waals surface area contributed by atoms with E-state index in [1.165, 1.54) is 10.6 Å². The number of carboxylic acid groups (broad SMARTS) is 1. The molecular formula is C26H23N7O5. The van der Waals surface area contributed by atoms with E-state index in [4.69, 9.17) is 15.1 Å². The van der Waals surface area contributed by atoms with Crippen molar-refractivity contribution in [2.24, 2.45) is 0 Å². The lowest BCUT2D eigenvalue weighted by molar-refractivity contribution is 0.0689. The molecule has 0 bridgehead atoms. The van der Waals surface area contributed by atoms with Gasteiger partial charge in [0.15, 0.2) is 5.69 Å². The molecule has 0 aliphatic carbocycles. The van der Waals surface area contributed by atoms with Gasteiger partial charge in [0.25, 0.3) is 0 Å². The van der Waals surface area contributed by atoms with Gasteiger partial charge >= 0.3 is 17.3 Å². The molecule has 2 aromatic carbocycles. The lowest BCUT2D eigenvalue weighted by Gasteiger charge is -2.16.